The van der Waals surface area contributed by atoms with Crippen LogP contribution in [0, 0.1) is 6.92 Å². The highest BCUT2D eigenvalue weighted by molar-refractivity contribution is 7.91. The van der Waals surface area contributed by atoms with Gasteiger partial charge in [-0.15, -0.1) is 0 Å². The van der Waals surface area contributed by atoms with Crippen molar-refractivity contribution < 1.29 is 13.2 Å². The van der Waals surface area contributed by atoms with Gasteiger partial charge in [0.1, 0.15) is 6.73 Å². The maximum absolute atomic E-state index is 12.0. The van der Waals surface area contributed by atoms with Crippen LogP contribution in [0.5, 0.6) is 0 Å². The highest BCUT2D eigenvalue weighted by Gasteiger charge is 2.10. The van der Waals surface area contributed by atoms with E-state index in [0.717, 1.165) is 12.8 Å². The fraction of sp³-hybridized carbons (Fsp3) is 0.800. The molecule has 0 spiro atoms. The molecule has 1 rings (SSSR count). The summed E-state index contributed by atoms with van der Waals surface area (Å²) in [5, 5.41) is 0. The molecule has 0 saturated heterocycles. The third-order valence-electron chi connectivity index (χ3n) is 4.77. The molecule has 0 aliphatic carbocycles. The second kappa shape index (κ2) is 13.7. The lowest BCUT2D eigenvalue weighted by Crippen LogP contribution is -2.31. The molecule has 8 heteroatoms. The van der Waals surface area contributed by atoms with Gasteiger partial charge in [0.2, 0.25) is 0 Å². The van der Waals surface area contributed by atoms with Crippen LogP contribution >= 0.6 is 0 Å². The van der Waals surface area contributed by atoms with Gasteiger partial charge in [-0.25, -0.2) is 13.2 Å². The SMILES string of the molecule is CCCCCCCCCCCCS(=O)(=O)CCOCn1cc(C)c(=O)[nH]c1=O. The van der Waals surface area contributed by atoms with E-state index in [4.69, 9.17) is 4.74 Å². The number of hydrogen-bond acceptors (Lipinski definition) is 5. The van der Waals surface area contributed by atoms with Crippen LogP contribution in [0.2, 0.25) is 0 Å². The minimum absolute atomic E-state index is 0.0324. The van der Waals surface area contributed by atoms with Crippen molar-refractivity contribution >= 4 is 9.84 Å². The van der Waals surface area contributed by atoms with E-state index in [-0.39, 0.29) is 24.8 Å². The first-order chi connectivity index (χ1) is 13.4. The largest absolute Gasteiger partial charge is 0.360 e. The summed E-state index contributed by atoms with van der Waals surface area (Å²) < 4.78 is 30.6. The number of aryl methyl sites for hydroxylation is 1. The van der Waals surface area contributed by atoms with Gasteiger partial charge in [0.05, 0.1) is 18.1 Å². The predicted molar refractivity (Wildman–Crippen MR) is 113 cm³/mol. The molecule has 0 saturated carbocycles. The van der Waals surface area contributed by atoms with Gasteiger partial charge in [-0.1, -0.05) is 64.7 Å². The van der Waals surface area contributed by atoms with Crippen LogP contribution < -0.4 is 11.2 Å². The van der Waals surface area contributed by atoms with E-state index in [1.807, 2.05) is 0 Å². The molecular formula is C20H36N2O5S. The zero-order valence-corrected chi connectivity index (χ0v) is 18.2. The maximum atomic E-state index is 12.0. The summed E-state index contributed by atoms with van der Waals surface area (Å²) in [6.07, 6.45) is 13.1. The molecule has 0 aromatic carbocycles. The Kier molecular flexibility index (Phi) is 12.1. The number of aromatic amines is 1. The van der Waals surface area contributed by atoms with E-state index in [1.54, 1.807) is 6.92 Å². The minimum Gasteiger partial charge on any atom is -0.360 e. The number of nitrogens with one attached hydrogen (secondary N) is 1. The fourth-order valence-electron chi connectivity index (χ4n) is 2.97. The van der Waals surface area contributed by atoms with Crippen LogP contribution in [0.25, 0.3) is 0 Å². The van der Waals surface area contributed by atoms with Gasteiger partial charge in [-0.2, -0.15) is 0 Å². The lowest BCUT2D eigenvalue weighted by molar-refractivity contribution is 0.0854. The molecule has 1 aromatic heterocycles. The van der Waals surface area contributed by atoms with Gasteiger partial charge in [0, 0.05) is 11.8 Å². The second-order valence-corrected chi connectivity index (χ2v) is 9.72. The summed E-state index contributed by atoms with van der Waals surface area (Å²) in [5.74, 6) is 0.131. The number of ether oxygens (including phenoxy) is 1. The molecule has 0 bridgehead atoms. The Morgan fingerprint density at radius 1 is 0.929 bits per heavy atom. The lowest BCUT2D eigenvalue weighted by atomic mass is 10.1. The van der Waals surface area contributed by atoms with Crippen LogP contribution in [-0.2, 0) is 21.3 Å². The number of rotatable bonds is 16. The first kappa shape index (κ1) is 24.6. The summed E-state index contributed by atoms with van der Waals surface area (Å²) in [6.45, 7) is 3.76. The Hall–Kier alpha value is -1.41. The average Bonchev–Trinajstić information content (AvgIpc) is 2.64. The first-order valence-electron chi connectivity index (χ1n) is 10.4. The average molecular weight is 417 g/mol. The molecule has 0 aliphatic heterocycles. The molecule has 1 aromatic rings. The minimum atomic E-state index is -3.14. The third kappa shape index (κ3) is 10.8. The van der Waals surface area contributed by atoms with Crippen molar-refractivity contribution in [2.24, 2.45) is 0 Å². The van der Waals surface area contributed by atoms with Gasteiger partial charge in [-0.3, -0.25) is 14.3 Å². The first-order valence-corrected chi connectivity index (χ1v) is 12.3. The van der Waals surface area contributed by atoms with Gasteiger partial charge < -0.3 is 4.74 Å². The number of hydrogen-bond donors (Lipinski definition) is 1. The maximum Gasteiger partial charge on any atom is 0.330 e. The Labute approximate surface area is 168 Å². The Bertz CT molecular complexity index is 768. The molecule has 0 unspecified atom stereocenters. The number of unbranched alkanes of at least 4 members (excludes halogenated alkanes) is 9. The number of nitrogens with zero attached hydrogens (tertiary/aromatic N) is 1. The molecule has 28 heavy (non-hydrogen) atoms. The number of aromatic nitrogens is 2. The molecule has 162 valence electrons. The van der Waals surface area contributed by atoms with Crippen LogP contribution in [-0.4, -0.2) is 36.1 Å². The summed E-state index contributed by atoms with van der Waals surface area (Å²) in [4.78, 5) is 25.1. The quantitative estimate of drug-likeness (QED) is 0.417. The summed E-state index contributed by atoms with van der Waals surface area (Å²) in [5.41, 5.74) is -0.596. The van der Waals surface area contributed by atoms with Crippen LogP contribution in [0.4, 0.5) is 0 Å². The van der Waals surface area contributed by atoms with Crippen molar-refractivity contribution in [3.05, 3.63) is 32.6 Å². The summed E-state index contributed by atoms with van der Waals surface area (Å²) in [7, 11) is -3.14. The highest BCUT2D eigenvalue weighted by atomic mass is 32.2. The van der Waals surface area contributed by atoms with Crippen molar-refractivity contribution in [3.63, 3.8) is 0 Å². The molecule has 1 heterocycles. The molecule has 0 fully saturated rings. The second-order valence-electron chi connectivity index (χ2n) is 7.41. The van der Waals surface area contributed by atoms with E-state index in [1.165, 1.54) is 55.7 Å². The fourth-order valence-corrected chi connectivity index (χ4v) is 4.19. The van der Waals surface area contributed by atoms with Gasteiger partial charge >= 0.3 is 5.69 Å². The van der Waals surface area contributed by atoms with Gasteiger partial charge in [0.25, 0.3) is 5.56 Å². The standard InChI is InChI=1S/C20H36N2O5S/c1-3-4-5-6-7-8-9-10-11-12-14-28(25,26)15-13-27-17-22-16-18(2)19(23)21-20(22)24/h16H,3-15,17H2,1-2H3,(H,21,23,24). The van der Waals surface area contributed by atoms with Crippen molar-refractivity contribution in [1.29, 1.82) is 0 Å². The van der Waals surface area contributed by atoms with E-state index in [9.17, 15) is 18.0 Å². The number of H-pyrrole nitrogens is 1. The molecule has 0 atom stereocenters. The van der Waals surface area contributed by atoms with Gasteiger partial charge in [0.15, 0.2) is 9.84 Å². The zero-order valence-electron chi connectivity index (χ0n) is 17.4. The van der Waals surface area contributed by atoms with E-state index in [2.05, 4.69) is 11.9 Å². The molecule has 0 amide bonds. The van der Waals surface area contributed by atoms with E-state index in [0.29, 0.717) is 12.0 Å². The van der Waals surface area contributed by atoms with Crippen molar-refractivity contribution in [1.82, 2.24) is 9.55 Å². The third-order valence-corrected chi connectivity index (χ3v) is 6.47. The Balaban J connectivity index is 2.11. The van der Waals surface area contributed by atoms with Crippen molar-refractivity contribution in [2.75, 3.05) is 18.1 Å². The van der Waals surface area contributed by atoms with Crippen LogP contribution in [0.3, 0.4) is 0 Å². The van der Waals surface area contributed by atoms with E-state index >= 15 is 0 Å². The van der Waals surface area contributed by atoms with E-state index < -0.39 is 21.1 Å². The monoisotopic (exact) mass is 416 g/mol. The highest BCUT2D eigenvalue weighted by Crippen LogP contribution is 2.11. The molecule has 7 nitrogen and oxygen atoms in total. The topological polar surface area (TPSA) is 98.2 Å². The van der Waals surface area contributed by atoms with Crippen LogP contribution in [0.1, 0.15) is 76.7 Å². The van der Waals surface area contributed by atoms with Crippen molar-refractivity contribution in [3.8, 4) is 0 Å². The summed E-state index contributed by atoms with van der Waals surface area (Å²) in [6, 6.07) is 0. The van der Waals surface area contributed by atoms with Crippen LogP contribution in [0.15, 0.2) is 15.8 Å². The normalized spacial score (nSPS) is 11.8. The smallest absolute Gasteiger partial charge is 0.330 e. The number of sulfone groups is 1. The zero-order chi connectivity index (χ0) is 20.8. The molecule has 0 aliphatic rings. The predicted octanol–water partition coefficient (Wildman–Crippen LogP) is 3.15. The molecular weight excluding hydrogens is 380 g/mol. The Morgan fingerprint density at radius 3 is 2.11 bits per heavy atom. The summed E-state index contributed by atoms with van der Waals surface area (Å²) >= 11 is 0. The Morgan fingerprint density at radius 2 is 1.50 bits per heavy atom. The molecule has 1 N–H and O–H groups in total. The van der Waals surface area contributed by atoms with Crippen molar-refractivity contribution in [2.45, 2.75) is 84.8 Å². The lowest BCUT2D eigenvalue weighted by Gasteiger charge is -2.08. The molecule has 0 radical (unpaired) electrons. The van der Waals surface area contributed by atoms with Gasteiger partial charge in [-0.05, 0) is 13.3 Å².